The lowest BCUT2D eigenvalue weighted by molar-refractivity contribution is -0.121. The Morgan fingerprint density at radius 3 is 2.59 bits per heavy atom. The molecule has 1 N–H and O–H groups in total. The maximum atomic E-state index is 12.0. The van der Waals surface area contributed by atoms with Crippen LogP contribution in [-0.2, 0) is 4.79 Å². The van der Waals surface area contributed by atoms with E-state index in [9.17, 15) is 4.79 Å². The highest BCUT2D eigenvalue weighted by molar-refractivity contribution is 5.80. The molecule has 0 aromatic heterocycles. The Hall–Kier alpha value is -0.410. The summed E-state index contributed by atoms with van der Waals surface area (Å²) in [5.41, 5.74) is 0. The van der Waals surface area contributed by atoms with E-state index < -0.39 is 0 Å². The molecule has 100 valence electrons. The van der Waals surface area contributed by atoms with Crippen molar-refractivity contribution in [3.63, 3.8) is 0 Å². The van der Waals surface area contributed by atoms with E-state index in [2.05, 4.69) is 24.1 Å². The minimum absolute atomic E-state index is 0.440. The Bertz CT molecular complexity index is 212. The highest BCUT2D eigenvalue weighted by Gasteiger charge is 2.16. The number of carbonyl (C=O) groups is 1. The molecular weight excluding hydrogens is 212 g/mol. The lowest BCUT2D eigenvalue weighted by Gasteiger charge is -2.27. The van der Waals surface area contributed by atoms with Crippen molar-refractivity contribution in [1.82, 2.24) is 10.2 Å². The van der Waals surface area contributed by atoms with Gasteiger partial charge in [0.2, 0.25) is 0 Å². The predicted molar refractivity (Wildman–Crippen MR) is 72.2 cm³/mol. The minimum atomic E-state index is 0.440. The van der Waals surface area contributed by atoms with Crippen LogP contribution in [0.15, 0.2) is 0 Å². The van der Waals surface area contributed by atoms with Crippen molar-refractivity contribution < 1.29 is 4.79 Å². The quantitative estimate of drug-likeness (QED) is 0.705. The lowest BCUT2D eigenvalue weighted by atomic mass is 9.93. The van der Waals surface area contributed by atoms with E-state index in [4.69, 9.17) is 0 Å². The van der Waals surface area contributed by atoms with Crippen molar-refractivity contribution in [1.29, 1.82) is 0 Å². The van der Waals surface area contributed by atoms with Gasteiger partial charge in [-0.25, -0.2) is 0 Å². The topological polar surface area (TPSA) is 32.3 Å². The molecule has 0 spiro atoms. The molecule has 1 atom stereocenters. The monoisotopic (exact) mass is 240 g/mol. The van der Waals surface area contributed by atoms with Crippen LogP contribution in [0, 0.1) is 5.92 Å². The van der Waals surface area contributed by atoms with Gasteiger partial charge in [-0.1, -0.05) is 39.5 Å². The molecule has 0 aromatic rings. The van der Waals surface area contributed by atoms with Gasteiger partial charge in [0, 0.05) is 32.6 Å². The molecule has 0 saturated carbocycles. The fraction of sp³-hybridized carbons (Fsp3) is 0.929. The number of nitrogens with one attached hydrogen (secondary N) is 1. The summed E-state index contributed by atoms with van der Waals surface area (Å²) in [7, 11) is 0. The van der Waals surface area contributed by atoms with E-state index in [0.29, 0.717) is 18.2 Å². The Morgan fingerprint density at radius 1 is 1.29 bits per heavy atom. The van der Waals surface area contributed by atoms with Gasteiger partial charge < -0.3 is 5.32 Å². The molecule has 1 unspecified atom stereocenters. The number of rotatable bonds is 8. The first-order valence-corrected chi connectivity index (χ1v) is 7.21. The first-order chi connectivity index (χ1) is 8.26. The largest absolute Gasteiger partial charge is 0.314 e. The van der Waals surface area contributed by atoms with Crippen molar-refractivity contribution in [2.24, 2.45) is 5.92 Å². The molecule has 0 aromatic carbocycles. The fourth-order valence-corrected chi connectivity index (χ4v) is 2.45. The number of ketones is 1. The second-order valence-corrected chi connectivity index (χ2v) is 5.19. The zero-order valence-corrected chi connectivity index (χ0v) is 11.5. The van der Waals surface area contributed by atoms with E-state index in [1.807, 2.05) is 0 Å². The fourth-order valence-electron chi connectivity index (χ4n) is 2.45. The SMILES string of the molecule is CCCCC(CC)CC(=O)CN1CCNCC1. The average molecular weight is 240 g/mol. The van der Waals surface area contributed by atoms with Crippen LogP contribution >= 0.6 is 0 Å². The Labute approximate surface area is 106 Å². The van der Waals surface area contributed by atoms with Crippen molar-refractivity contribution in [2.75, 3.05) is 32.7 Å². The summed E-state index contributed by atoms with van der Waals surface area (Å²) in [6.45, 7) is 9.20. The van der Waals surface area contributed by atoms with Crippen LogP contribution in [0.2, 0.25) is 0 Å². The van der Waals surface area contributed by atoms with Crippen molar-refractivity contribution in [2.45, 2.75) is 46.0 Å². The van der Waals surface area contributed by atoms with E-state index >= 15 is 0 Å². The van der Waals surface area contributed by atoms with Crippen LogP contribution in [0.25, 0.3) is 0 Å². The van der Waals surface area contributed by atoms with Gasteiger partial charge in [0.15, 0.2) is 0 Å². The number of nitrogens with zero attached hydrogens (tertiary/aromatic N) is 1. The molecule has 1 fully saturated rings. The molecule has 3 nitrogen and oxygen atoms in total. The van der Waals surface area contributed by atoms with Gasteiger partial charge in [0.05, 0.1) is 6.54 Å². The molecule has 1 heterocycles. The maximum Gasteiger partial charge on any atom is 0.147 e. The normalized spacial score (nSPS) is 19.2. The molecule has 0 amide bonds. The molecule has 1 saturated heterocycles. The van der Waals surface area contributed by atoms with Gasteiger partial charge in [-0.05, 0) is 5.92 Å². The summed E-state index contributed by atoms with van der Waals surface area (Å²) in [5, 5.41) is 3.31. The summed E-state index contributed by atoms with van der Waals surface area (Å²) in [4.78, 5) is 14.3. The number of hydrogen-bond donors (Lipinski definition) is 1. The highest BCUT2D eigenvalue weighted by atomic mass is 16.1. The number of hydrogen-bond acceptors (Lipinski definition) is 3. The molecule has 1 rings (SSSR count). The van der Waals surface area contributed by atoms with Gasteiger partial charge in [0.1, 0.15) is 5.78 Å². The van der Waals surface area contributed by atoms with Crippen LogP contribution in [0.3, 0.4) is 0 Å². The second kappa shape index (κ2) is 8.65. The third-order valence-corrected chi connectivity index (χ3v) is 3.67. The molecular formula is C14H28N2O. The number of carbonyl (C=O) groups excluding carboxylic acids is 1. The molecule has 1 aliphatic rings. The standard InChI is InChI=1S/C14H28N2O/c1-3-5-6-13(4-2)11-14(17)12-16-9-7-15-8-10-16/h13,15H,3-12H2,1-2H3. The van der Waals surface area contributed by atoms with Crippen LogP contribution in [0.1, 0.15) is 46.0 Å². The van der Waals surface area contributed by atoms with E-state index in [0.717, 1.165) is 39.0 Å². The Morgan fingerprint density at radius 2 is 2.00 bits per heavy atom. The van der Waals surface area contributed by atoms with Gasteiger partial charge >= 0.3 is 0 Å². The molecule has 17 heavy (non-hydrogen) atoms. The van der Waals surface area contributed by atoms with Crippen molar-refractivity contribution >= 4 is 5.78 Å². The zero-order chi connectivity index (χ0) is 12.5. The van der Waals surface area contributed by atoms with Crippen LogP contribution < -0.4 is 5.32 Å². The molecule has 0 bridgehead atoms. The second-order valence-electron chi connectivity index (χ2n) is 5.19. The predicted octanol–water partition coefficient (Wildman–Crippen LogP) is 2.07. The van der Waals surface area contributed by atoms with Gasteiger partial charge in [-0.15, -0.1) is 0 Å². The third kappa shape index (κ3) is 6.18. The number of piperazine rings is 1. The van der Waals surface area contributed by atoms with E-state index in [1.54, 1.807) is 0 Å². The number of Topliss-reactive ketones (excluding diaryl/α,β-unsaturated/α-hetero) is 1. The summed E-state index contributed by atoms with van der Waals surface area (Å²) < 4.78 is 0. The summed E-state index contributed by atoms with van der Waals surface area (Å²) >= 11 is 0. The van der Waals surface area contributed by atoms with Crippen LogP contribution in [0.5, 0.6) is 0 Å². The molecule has 3 heteroatoms. The van der Waals surface area contributed by atoms with Crippen LogP contribution in [0.4, 0.5) is 0 Å². The minimum Gasteiger partial charge on any atom is -0.314 e. The van der Waals surface area contributed by atoms with Gasteiger partial charge in [0.25, 0.3) is 0 Å². The van der Waals surface area contributed by atoms with E-state index in [-0.39, 0.29) is 0 Å². The smallest absolute Gasteiger partial charge is 0.147 e. The maximum absolute atomic E-state index is 12.0. The lowest BCUT2D eigenvalue weighted by Crippen LogP contribution is -2.45. The molecule has 0 radical (unpaired) electrons. The number of unbranched alkanes of at least 4 members (excludes halogenated alkanes) is 1. The first-order valence-electron chi connectivity index (χ1n) is 7.21. The van der Waals surface area contributed by atoms with Gasteiger partial charge in [-0.2, -0.15) is 0 Å². The first kappa shape index (κ1) is 14.7. The summed E-state index contributed by atoms with van der Waals surface area (Å²) in [6.07, 6.45) is 5.66. The zero-order valence-electron chi connectivity index (χ0n) is 11.5. The Kier molecular flexibility index (Phi) is 7.45. The molecule has 1 aliphatic heterocycles. The van der Waals surface area contributed by atoms with Crippen molar-refractivity contribution in [3.05, 3.63) is 0 Å². The third-order valence-electron chi connectivity index (χ3n) is 3.67. The van der Waals surface area contributed by atoms with E-state index in [1.165, 1.54) is 19.3 Å². The highest BCUT2D eigenvalue weighted by Crippen LogP contribution is 2.17. The Balaban J connectivity index is 2.21. The summed E-state index contributed by atoms with van der Waals surface area (Å²) in [5.74, 6) is 1.06. The van der Waals surface area contributed by atoms with Crippen molar-refractivity contribution in [3.8, 4) is 0 Å². The van der Waals surface area contributed by atoms with Gasteiger partial charge in [-0.3, -0.25) is 9.69 Å². The molecule has 0 aliphatic carbocycles. The summed E-state index contributed by atoms with van der Waals surface area (Å²) in [6, 6.07) is 0. The van der Waals surface area contributed by atoms with Crippen LogP contribution in [-0.4, -0.2) is 43.4 Å². The average Bonchev–Trinajstić information content (AvgIpc) is 2.35.